The molecule has 270 valence electrons. The van der Waals surface area contributed by atoms with Crippen molar-refractivity contribution in [3.8, 4) is 50.6 Å². The number of rotatable bonds is 4. The molecule has 3 nitrogen and oxygen atoms in total. The lowest BCUT2D eigenvalue weighted by Gasteiger charge is -2.18. The Morgan fingerprint density at radius 2 is 1.21 bits per heavy atom. The SMILES string of the molecule is C1=CC(c2ccc3c(c2)c2c4cccc5c4c(cc2n3-c2nc(-c3ccc(-c4ccccc4)cc3)c3ccccc3n2)-c2ccccc2-5)Cc2c1sc1ccccc21. The third kappa shape index (κ3) is 4.61. The summed E-state index contributed by atoms with van der Waals surface area (Å²) in [6, 6.07) is 61.8. The summed E-state index contributed by atoms with van der Waals surface area (Å²) in [5.41, 5.74) is 15.5. The lowest BCUT2D eigenvalue weighted by molar-refractivity contribution is 0.838. The number of nitrogens with zero attached hydrogens (tertiary/aromatic N) is 3. The van der Waals surface area contributed by atoms with Crippen molar-refractivity contribution < 1.29 is 0 Å². The highest BCUT2D eigenvalue weighted by Gasteiger charge is 2.28. The Bertz CT molecular complexity index is 3530. The molecule has 0 aliphatic heterocycles. The molecule has 1 unspecified atom stereocenters. The number of hydrogen-bond donors (Lipinski definition) is 0. The number of allylic oxidation sites excluding steroid dienone is 1. The summed E-state index contributed by atoms with van der Waals surface area (Å²) in [5.74, 6) is 0.950. The molecule has 58 heavy (non-hydrogen) atoms. The Kier molecular flexibility index (Phi) is 6.72. The van der Waals surface area contributed by atoms with Crippen molar-refractivity contribution in [2.24, 2.45) is 0 Å². The molecule has 0 saturated carbocycles. The van der Waals surface area contributed by atoms with E-state index in [1.165, 1.54) is 81.0 Å². The summed E-state index contributed by atoms with van der Waals surface area (Å²) in [5, 5.41) is 7.49. The van der Waals surface area contributed by atoms with Crippen LogP contribution in [0.15, 0.2) is 176 Å². The molecule has 0 radical (unpaired) electrons. The Balaban J connectivity index is 1.06. The molecule has 3 aromatic heterocycles. The highest BCUT2D eigenvalue weighted by molar-refractivity contribution is 7.20. The molecule has 0 N–H and O–H groups in total. The van der Waals surface area contributed by atoms with E-state index >= 15 is 0 Å². The van der Waals surface area contributed by atoms with Crippen LogP contribution < -0.4 is 0 Å². The Hall–Kier alpha value is -7.14. The van der Waals surface area contributed by atoms with Gasteiger partial charge in [0.2, 0.25) is 5.95 Å². The number of benzene rings is 8. The zero-order chi connectivity index (χ0) is 37.9. The van der Waals surface area contributed by atoms with Crippen LogP contribution in [0.25, 0.3) is 110 Å². The molecule has 11 aromatic rings. The Morgan fingerprint density at radius 3 is 2.09 bits per heavy atom. The smallest absolute Gasteiger partial charge is 0.235 e. The van der Waals surface area contributed by atoms with Crippen molar-refractivity contribution in [2.75, 3.05) is 0 Å². The van der Waals surface area contributed by atoms with E-state index in [0.29, 0.717) is 5.95 Å². The molecule has 2 aliphatic carbocycles. The van der Waals surface area contributed by atoms with Gasteiger partial charge in [-0.15, -0.1) is 11.3 Å². The second kappa shape index (κ2) is 12.2. The molecule has 2 aliphatic rings. The van der Waals surface area contributed by atoms with Crippen molar-refractivity contribution in [3.63, 3.8) is 0 Å². The van der Waals surface area contributed by atoms with E-state index < -0.39 is 0 Å². The van der Waals surface area contributed by atoms with Gasteiger partial charge in [0.25, 0.3) is 0 Å². The molecule has 0 spiro atoms. The summed E-state index contributed by atoms with van der Waals surface area (Å²) >= 11 is 1.90. The summed E-state index contributed by atoms with van der Waals surface area (Å²) in [4.78, 5) is 12.3. The minimum absolute atomic E-state index is 0.275. The molecule has 13 rings (SSSR count). The first kappa shape index (κ1) is 32.0. The second-order valence-corrected chi connectivity index (χ2v) is 16.7. The number of thiophene rings is 1. The van der Waals surface area contributed by atoms with Crippen LogP contribution in [0, 0.1) is 0 Å². The first-order valence-corrected chi connectivity index (χ1v) is 20.8. The van der Waals surface area contributed by atoms with E-state index in [2.05, 4.69) is 187 Å². The van der Waals surface area contributed by atoms with Gasteiger partial charge in [-0.05, 0) is 103 Å². The van der Waals surface area contributed by atoms with E-state index in [0.717, 1.165) is 39.6 Å². The lowest BCUT2D eigenvalue weighted by Crippen LogP contribution is -2.05. The van der Waals surface area contributed by atoms with Gasteiger partial charge in [0.15, 0.2) is 0 Å². The number of hydrogen-bond acceptors (Lipinski definition) is 3. The third-order valence-electron chi connectivity index (χ3n) is 12.5. The van der Waals surface area contributed by atoms with Crippen LogP contribution in [0.5, 0.6) is 0 Å². The maximum atomic E-state index is 5.51. The molecule has 0 bridgehead atoms. The van der Waals surface area contributed by atoms with Gasteiger partial charge < -0.3 is 0 Å². The quantitative estimate of drug-likeness (QED) is 0.179. The van der Waals surface area contributed by atoms with Gasteiger partial charge in [-0.2, -0.15) is 0 Å². The monoisotopic (exact) mass is 755 g/mol. The highest BCUT2D eigenvalue weighted by atomic mass is 32.1. The van der Waals surface area contributed by atoms with Crippen LogP contribution in [-0.4, -0.2) is 14.5 Å². The van der Waals surface area contributed by atoms with Crippen molar-refractivity contribution in [3.05, 3.63) is 192 Å². The summed E-state index contributed by atoms with van der Waals surface area (Å²) in [7, 11) is 0. The minimum atomic E-state index is 0.275. The van der Waals surface area contributed by atoms with Crippen LogP contribution in [0.4, 0.5) is 0 Å². The molecule has 0 amide bonds. The van der Waals surface area contributed by atoms with Crippen LogP contribution in [0.1, 0.15) is 21.9 Å². The maximum absolute atomic E-state index is 5.51. The summed E-state index contributed by atoms with van der Waals surface area (Å²) in [6.45, 7) is 0. The summed E-state index contributed by atoms with van der Waals surface area (Å²) in [6.07, 6.45) is 5.76. The van der Waals surface area contributed by atoms with Gasteiger partial charge in [0.1, 0.15) is 0 Å². The summed E-state index contributed by atoms with van der Waals surface area (Å²) < 4.78 is 3.69. The Morgan fingerprint density at radius 1 is 0.500 bits per heavy atom. The van der Waals surface area contributed by atoms with Gasteiger partial charge in [0.05, 0.1) is 22.2 Å². The van der Waals surface area contributed by atoms with Gasteiger partial charge in [0, 0.05) is 37.2 Å². The number of fused-ring (bicyclic) bond motifs is 11. The van der Waals surface area contributed by atoms with Crippen LogP contribution in [0.2, 0.25) is 0 Å². The van der Waals surface area contributed by atoms with E-state index in [4.69, 9.17) is 9.97 Å². The molecule has 0 fully saturated rings. The van der Waals surface area contributed by atoms with Crippen LogP contribution in [0.3, 0.4) is 0 Å². The van der Waals surface area contributed by atoms with Gasteiger partial charge in [-0.3, -0.25) is 4.57 Å². The first-order chi connectivity index (χ1) is 28.7. The van der Waals surface area contributed by atoms with E-state index in [-0.39, 0.29) is 5.92 Å². The van der Waals surface area contributed by atoms with E-state index in [1.807, 2.05) is 11.3 Å². The lowest BCUT2D eigenvalue weighted by atomic mass is 9.86. The van der Waals surface area contributed by atoms with Crippen molar-refractivity contribution in [1.82, 2.24) is 14.5 Å². The highest BCUT2D eigenvalue weighted by Crippen LogP contribution is 2.51. The fourth-order valence-corrected chi connectivity index (χ4v) is 11.0. The normalized spacial score (nSPS) is 14.2. The fourth-order valence-electron chi connectivity index (χ4n) is 9.86. The number of para-hydroxylation sites is 1. The number of aromatic nitrogens is 3. The van der Waals surface area contributed by atoms with Crippen molar-refractivity contribution >= 4 is 71.0 Å². The molecule has 3 heterocycles. The zero-order valence-electron chi connectivity index (χ0n) is 31.4. The van der Waals surface area contributed by atoms with Crippen molar-refractivity contribution in [1.29, 1.82) is 0 Å². The van der Waals surface area contributed by atoms with Crippen molar-refractivity contribution in [2.45, 2.75) is 12.3 Å². The van der Waals surface area contributed by atoms with E-state index in [1.54, 1.807) is 0 Å². The molecule has 0 saturated heterocycles. The first-order valence-electron chi connectivity index (χ1n) is 20.0. The Labute approximate surface area is 338 Å². The van der Waals surface area contributed by atoms with Crippen LogP contribution in [-0.2, 0) is 6.42 Å². The predicted molar refractivity (Wildman–Crippen MR) is 244 cm³/mol. The molecule has 1 atom stereocenters. The average molecular weight is 756 g/mol. The van der Waals surface area contributed by atoms with E-state index in [9.17, 15) is 0 Å². The zero-order valence-corrected chi connectivity index (χ0v) is 32.2. The molecule has 8 aromatic carbocycles. The predicted octanol–water partition coefficient (Wildman–Crippen LogP) is 14.4. The average Bonchev–Trinajstić information content (AvgIpc) is 3.94. The third-order valence-corrected chi connectivity index (χ3v) is 13.7. The topological polar surface area (TPSA) is 30.7 Å². The van der Waals surface area contributed by atoms with Gasteiger partial charge in [-0.25, -0.2) is 9.97 Å². The molecular formula is C54H33N3S. The second-order valence-electron chi connectivity index (χ2n) is 15.6. The van der Waals surface area contributed by atoms with Crippen LogP contribution >= 0.6 is 11.3 Å². The standard InChI is InChI=1S/C54H33N3S/c1-2-11-32(12-3-1)33-21-23-34(24-22-33)53-41-16-6-8-19-46(41)55-54(56-53)57-47-27-25-35(36-26-28-50-43(29-36)39-15-7-9-20-49(39)58-50)30-45(47)52-42-18-10-17-40-37-13-4-5-14-38(37)44(51(40)42)31-48(52)57/h1-28,30-31,36H,29H2. The molecular weight excluding hydrogens is 723 g/mol. The fraction of sp³-hybridized carbons (Fsp3) is 0.0370. The minimum Gasteiger partial charge on any atom is -0.278 e. The largest absolute Gasteiger partial charge is 0.278 e. The maximum Gasteiger partial charge on any atom is 0.235 e. The molecule has 4 heteroatoms. The van der Waals surface area contributed by atoms with Gasteiger partial charge in [-0.1, -0.05) is 146 Å². The van der Waals surface area contributed by atoms with Gasteiger partial charge >= 0.3 is 0 Å².